The molecule has 1 saturated carbocycles. The van der Waals surface area contributed by atoms with Gasteiger partial charge in [-0.05, 0) is 18.1 Å². The van der Waals surface area contributed by atoms with E-state index in [1.54, 1.807) is 5.56 Å². The molecule has 2 unspecified atom stereocenters. The Morgan fingerprint density at radius 2 is 2.27 bits per heavy atom. The lowest BCUT2D eigenvalue weighted by molar-refractivity contribution is 0.785. The number of hydrogen-bond donors (Lipinski definition) is 0. The van der Waals surface area contributed by atoms with Crippen LogP contribution >= 0.6 is 11.8 Å². The minimum absolute atomic E-state index is 0.557. The molecule has 1 aliphatic heterocycles. The van der Waals surface area contributed by atoms with Gasteiger partial charge in [-0.3, -0.25) is 0 Å². The number of fused-ring (bicyclic) bond motifs is 3. The summed E-state index contributed by atoms with van der Waals surface area (Å²) < 4.78 is 0. The highest BCUT2D eigenvalue weighted by Gasteiger charge is 2.57. The average molecular weight is 162 g/mol. The summed E-state index contributed by atoms with van der Waals surface area (Å²) in [6.07, 6.45) is 1.40. The Balaban J connectivity index is 2.24. The average Bonchev–Trinajstić information content (AvgIpc) is 2.57. The van der Waals surface area contributed by atoms with E-state index in [4.69, 9.17) is 0 Å². The summed E-state index contributed by atoms with van der Waals surface area (Å²) in [5.41, 5.74) is 2.15. The maximum absolute atomic E-state index is 2.39. The molecule has 56 valence electrons. The Hall–Kier alpha value is -0.430. The van der Waals surface area contributed by atoms with Crippen LogP contribution in [-0.2, 0) is 5.41 Å². The standard InChI is InChI=1S/C10H10S/c1-10-6-9(10)11-8-5-3-2-4-7(8)10/h2-5,9H,6H2,1H3. The van der Waals surface area contributed by atoms with Crippen LogP contribution in [0.15, 0.2) is 29.2 Å². The first-order chi connectivity index (χ1) is 5.31. The molecule has 0 spiro atoms. The van der Waals surface area contributed by atoms with Crippen LogP contribution in [-0.4, -0.2) is 5.25 Å². The van der Waals surface area contributed by atoms with E-state index in [1.165, 1.54) is 11.3 Å². The van der Waals surface area contributed by atoms with Crippen molar-refractivity contribution in [2.24, 2.45) is 0 Å². The second-order valence-corrected chi connectivity index (χ2v) is 4.97. The van der Waals surface area contributed by atoms with Gasteiger partial charge in [-0.2, -0.15) is 0 Å². The molecule has 0 N–H and O–H groups in total. The Morgan fingerprint density at radius 1 is 1.45 bits per heavy atom. The fourth-order valence-corrected chi connectivity index (χ4v) is 3.68. The van der Waals surface area contributed by atoms with Gasteiger partial charge in [0.1, 0.15) is 0 Å². The molecule has 3 rings (SSSR count). The third-order valence-electron chi connectivity index (χ3n) is 2.93. The first kappa shape index (κ1) is 6.13. The number of benzene rings is 1. The van der Waals surface area contributed by atoms with Gasteiger partial charge in [0, 0.05) is 15.6 Å². The highest BCUT2D eigenvalue weighted by molar-refractivity contribution is 8.00. The van der Waals surface area contributed by atoms with Crippen molar-refractivity contribution in [3.05, 3.63) is 29.8 Å². The summed E-state index contributed by atoms with van der Waals surface area (Å²) in [7, 11) is 0. The van der Waals surface area contributed by atoms with Gasteiger partial charge in [-0.1, -0.05) is 25.1 Å². The van der Waals surface area contributed by atoms with E-state index >= 15 is 0 Å². The maximum Gasteiger partial charge on any atom is 0.0198 e. The zero-order valence-corrected chi connectivity index (χ0v) is 7.32. The summed E-state index contributed by atoms with van der Waals surface area (Å²) in [6, 6.07) is 8.83. The minimum atomic E-state index is 0.557. The summed E-state index contributed by atoms with van der Waals surface area (Å²) in [5, 5.41) is 0.903. The van der Waals surface area contributed by atoms with E-state index in [-0.39, 0.29) is 0 Å². The van der Waals surface area contributed by atoms with Crippen molar-refractivity contribution in [2.45, 2.75) is 28.9 Å². The van der Waals surface area contributed by atoms with E-state index < -0.39 is 0 Å². The molecule has 1 aromatic rings. The third-order valence-corrected chi connectivity index (χ3v) is 4.51. The minimum Gasteiger partial charge on any atom is -0.121 e. The predicted molar refractivity (Wildman–Crippen MR) is 48.1 cm³/mol. The molecule has 1 aromatic carbocycles. The predicted octanol–water partition coefficient (Wildman–Crippen LogP) is 2.82. The summed E-state index contributed by atoms with van der Waals surface area (Å²) in [6.45, 7) is 2.39. The van der Waals surface area contributed by atoms with Crippen LogP contribution in [0.5, 0.6) is 0 Å². The smallest absolute Gasteiger partial charge is 0.0198 e. The number of thioether (sulfide) groups is 1. The topological polar surface area (TPSA) is 0 Å². The molecule has 11 heavy (non-hydrogen) atoms. The SMILES string of the molecule is CC12CC1Sc1ccccc12. The fraction of sp³-hybridized carbons (Fsp3) is 0.400. The first-order valence-corrected chi connectivity index (χ1v) is 4.95. The second-order valence-electron chi connectivity index (χ2n) is 3.72. The molecule has 0 bridgehead atoms. The van der Waals surface area contributed by atoms with Crippen molar-refractivity contribution in [1.29, 1.82) is 0 Å². The van der Waals surface area contributed by atoms with Crippen molar-refractivity contribution in [3.8, 4) is 0 Å². The summed E-state index contributed by atoms with van der Waals surface area (Å²) in [5.74, 6) is 0. The van der Waals surface area contributed by atoms with Gasteiger partial charge in [-0.25, -0.2) is 0 Å². The Morgan fingerprint density at radius 3 is 3.09 bits per heavy atom. The first-order valence-electron chi connectivity index (χ1n) is 4.07. The molecule has 1 fully saturated rings. The van der Waals surface area contributed by atoms with Gasteiger partial charge >= 0.3 is 0 Å². The fourth-order valence-electron chi connectivity index (χ4n) is 1.98. The Labute approximate surface area is 71.0 Å². The monoisotopic (exact) mass is 162 g/mol. The van der Waals surface area contributed by atoms with E-state index in [2.05, 4.69) is 43.0 Å². The molecule has 2 atom stereocenters. The molecule has 1 heteroatoms. The molecule has 1 heterocycles. The lowest BCUT2D eigenvalue weighted by Crippen LogP contribution is -1.99. The molecule has 0 saturated heterocycles. The van der Waals surface area contributed by atoms with E-state index in [0.29, 0.717) is 5.41 Å². The molecular formula is C10H10S. The zero-order chi connectivity index (χ0) is 7.47. The second kappa shape index (κ2) is 1.66. The van der Waals surface area contributed by atoms with Crippen molar-refractivity contribution >= 4 is 11.8 Å². The van der Waals surface area contributed by atoms with Crippen molar-refractivity contribution in [1.82, 2.24) is 0 Å². The van der Waals surface area contributed by atoms with Crippen molar-refractivity contribution in [3.63, 3.8) is 0 Å². The van der Waals surface area contributed by atoms with Crippen LogP contribution in [0.4, 0.5) is 0 Å². The third kappa shape index (κ3) is 0.627. The maximum atomic E-state index is 2.39. The highest BCUT2D eigenvalue weighted by Crippen LogP contribution is 2.64. The lowest BCUT2D eigenvalue weighted by Gasteiger charge is -2.05. The number of hydrogen-bond acceptors (Lipinski definition) is 1. The Bertz CT molecular complexity index is 318. The van der Waals surface area contributed by atoms with Gasteiger partial charge < -0.3 is 0 Å². The normalized spacial score (nSPS) is 38.1. The summed E-state index contributed by atoms with van der Waals surface area (Å²) >= 11 is 2.06. The molecule has 0 aromatic heterocycles. The Kier molecular flexibility index (Phi) is 0.925. The van der Waals surface area contributed by atoms with Crippen LogP contribution in [0.1, 0.15) is 18.9 Å². The van der Waals surface area contributed by atoms with Crippen LogP contribution in [0.2, 0.25) is 0 Å². The van der Waals surface area contributed by atoms with Gasteiger partial charge in [0.2, 0.25) is 0 Å². The van der Waals surface area contributed by atoms with E-state index in [9.17, 15) is 0 Å². The largest absolute Gasteiger partial charge is 0.121 e. The molecule has 0 amide bonds. The molecule has 1 aliphatic carbocycles. The van der Waals surface area contributed by atoms with Crippen LogP contribution in [0.25, 0.3) is 0 Å². The van der Waals surface area contributed by atoms with Gasteiger partial charge in [-0.15, -0.1) is 11.8 Å². The molecule has 0 nitrogen and oxygen atoms in total. The highest BCUT2D eigenvalue weighted by atomic mass is 32.2. The number of rotatable bonds is 0. The quantitative estimate of drug-likeness (QED) is 0.565. The van der Waals surface area contributed by atoms with Crippen LogP contribution < -0.4 is 0 Å². The van der Waals surface area contributed by atoms with Gasteiger partial charge in [0.15, 0.2) is 0 Å². The van der Waals surface area contributed by atoms with E-state index in [1.807, 2.05) is 0 Å². The van der Waals surface area contributed by atoms with E-state index in [0.717, 1.165) is 5.25 Å². The summed E-state index contributed by atoms with van der Waals surface area (Å²) in [4.78, 5) is 1.52. The van der Waals surface area contributed by atoms with Crippen molar-refractivity contribution < 1.29 is 0 Å². The molecule has 2 aliphatic rings. The van der Waals surface area contributed by atoms with Gasteiger partial charge in [0.05, 0.1) is 0 Å². The van der Waals surface area contributed by atoms with Gasteiger partial charge in [0.25, 0.3) is 0 Å². The van der Waals surface area contributed by atoms with Crippen molar-refractivity contribution in [2.75, 3.05) is 0 Å². The van der Waals surface area contributed by atoms with Crippen LogP contribution in [0, 0.1) is 0 Å². The molecule has 0 radical (unpaired) electrons. The molecular weight excluding hydrogens is 152 g/mol. The zero-order valence-electron chi connectivity index (χ0n) is 6.50. The lowest BCUT2D eigenvalue weighted by atomic mass is 9.99. The van der Waals surface area contributed by atoms with Crippen LogP contribution in [0.3, 0.4) is 0 Å².